The normalized spacial score (nSPS) is 18.1. The van der Waals surface area contributed by atoms with Gasteiger partial charge in [0.1, 0.15) is 5.82 Å². The molecule has 98 valence electrons. The number of fused-ring (bicyclic) bond motifs is 1. The number of rotatable bonds is 2. The maximum Gasteiger partial charge on any atom is 0.159 e. The van der Waals surface area contributed by atoms with Gasteiger partial charge in [-0.2, -0.15) is 0 Å². The van der Waals surface area contributed by atoms with Crippen molar-refractivity contribution >= 4 is 0 Å². The van der Waals surface area contributed by atoms with Gasteiger partial charge in [0.15, 0.2) is 5.82 Å². The number of hydrogen-bond acceptors (Lipinski definition) is 3. The molecule has 1 unspecified atom stereocenters. The van der Waals surface area contributed by atoms with Crippen LogP contribution in [-0.4, -0.2) is 16.5 Å². The first-order valence-electron chi connectivity index (χ1n) is 6.57. The zero-order valence-corrected chi connectivity index (χ0v) is 10.6. The van der Waals surface area contributed by atoms with Gasteiger partial charge in [0, 0.05) is 17.5 Å². The van der Waals surface area contributed by atoms with E-state index in [0.29, 0.717) is 11.7 Å². The lowest BCUT2D eigenvalue weighted by Gasteiger charge is -2.22. The van der Waals surface area contributed by atoms with Crippen LogP contribution >= 0.6 is 0 Å². The summed E-state index contributed by atoms with van der Waals surface area (Å²) in [6.45, 7) is 0.721. The Kier molecular flexibility index (Phi) is 3.25. The van der Waals surface area contributed by atoms with E-state index in [-0.39, 0.29) is 5.82 Å². The first-order valence-corrected chi connectivity index (χ1v) is 6.57. The molecule has 4 heteroatoms. The Balaban J connectivity index is 1.92. The van der Waals surface area contributed by atoms with Crippen molar-refractivity contribution in [2.45, 2.75) is 19.3 Å². The highest BCUT2D eigenvalue weighted by molar-refractivity contribution is 5.55. The van der Waals surface area contributed by atoms with Crippen molar-refractivity contribution in [3.8, 4) is 11.4 Å². The lowest BCUT2D eigenvalue weighted by molar-refractivity contribution is 0.462. The molecule has 2 N–H and O–H groups in total. The van der Waals surface area contributed by atoms with Gasteiger partial charge in [-0.05, 0) is 61.6 Å². The van der Waals surface area contributed by atoms with Gasteiger partial charge >= 0.3 is 0 Å². The van der Waals surface area contributed by atoms with Gasteiger partial charge in [-0.3, -0.25) is 0 Å². The number of halogens is 1. The van der Waals surface area contributed by atoms with E-state index in [9.17, 15) is 4.39 Å². The Morgan fingerprint density at radius 2 is 2.05 bits per heavy atom. The summed E-state index contributed by atoms with van der Waals surface area (Å²) in [6.07, 6.45) is 4.90. The number of nitrogens with two attached hydrogens (primary N) is 1. The molecule has 0 bridgehead atoms. The van der Waals surface area contributed by atoms with Crippen LogP contribution in [0.2, 0.25) is 0 Å². The van der Waals surface area contributed by atoms with E-state index in [2.05, 4.69) is 9.97 Å². The molecule has 1 aromatic heterocycles. The zero-order chi connectivity index (χ0) is 13.2. The molecule has 3 nitrogen and oxygen atoms in total. The number of nitrogens with zero attached hydrogens (tertiary/aromatic N) is 2. The third kappa shape index (κ3) is 2.49. The fraction of sp³-hybridized carbons (Fsp3) is 0.333. The Morgan fingerprint density at radius 3 is 2.79 bits per heavy atom. The molecule has 1 aliphatic carbocycles. The second kappa shape index (κ2) is 5.05. The minimum atomic E-state index is -0.243. The highest BCUT2D eigenvalue weighted by Crippen LogP contribution is 2.25. The Hall–Kier alpha value is -1.81. The topological polar surface area (TPSA) is 51.8 Å². The van der Waals surface area contributed by atoms with E-state index in [4.69, 9.17) is 5.73 Å². The standard InChI is InChI=1S/C15H16FN3/c16-13-4-2-11(3-5-13)15-18-9-12-7-10(8-17)1-6-14(12)19-15/h2-5,9-10H,1,6-8,17H2. The summed E-state index contributed by atoms with van der Waals surface area (Å²) in [6, 6.07) is 6.29. The molecule has 1 aliphatic rings. The second-order valence-corrected chi connectivity index (χ2v) is 5.02. The number of aryl methyl sites for hydroxylation is 1. The molecule has 0 saturated carbocycles. The SMILES string of the molecule is NCC1CCc2nc(-c3ccc(F)cc3)ncc2C1. The molecule has 0 amide bonds. The first-order chi connectivity index (χ1) is 9.26. The van der Waals surface area contributed by atoms with Gasteiger partial charge in [0.25, 0.3) is 0 Å². The van der Waals surface area contributed by atoms with Gasteiger partial charge < -0.3 is 5.73 Å². The van der Waals surface area contributed by atoms with Crippen LogP contribution in [0.15, 0.2) is 30.5 Å². The number of hydrogen-bond donors (Lipinski definition) is 1. The summed E-state index contributed by atoms with van der Waals surface area (Å²) >= 11 is 0. The lowest BCUT2D eigenvalue weighted by atomic mass is 9.87. The van der Waals surface area contributed by atoms with Crippen LogP contribution in [-0.2, 0) is 12.8 Å². The van der Waals surface area contributed by atoms with E-state index in [1.807, 2.05) is 6.20 Å². The molecule has 0 fully saturated rings. The van der Waals surface area contributed by atoms with Gasteiger partial charge in [0.2, 0.25) is 0 Å². The highest BCUT2D eigenvalue weighted by Gasteiger charge is 2.19. The van der Waals surface area contributed by atoms with Crippen LogP contribution < -0.4 is 5.73 Å². The maximum atomic E-state index is 12.9. The molecule has 1 heterocycles. The summed E-state index contributed by atoms with van der Waals surface area (Å²) in [4.78, 5) is 8.99. The van der Waals surface area contributed by atoms with E-state index in [0.717, 1.165) is 37.1 Å². The minimum absolute atomic E-state index is 0.243. The molecule has 1 aromatic carbocycles. The summed E-state index contributed by atoms with van der Waals surface area (Å²) in [5.74, 6) is 0.977. The monoisotopic (exact) mass is 257 g/mol. The third-order valence-corrected chi connectivity index (χ3v) is 3.69. The summed E-state index contributed by atoms with van der Waals surface area (Å²) in [7, 11) is 0. The molecular weight excluding hydrogens is 241 g/mol. The van der Waals surface area contributed by atoms with Gasteiger partial charge in [-0.25, -0.2) is 14.4 Å². The van der Waals surface area contributed by atoms with E-state index in [1.54, 1.807) is 12.1 Å². The van der Waals surface area contributed by atoms with Crippen molar-refractivity contribution in [2.24, 2.45) is 11.7 Å². The van der Waals surface area contributed by atoms with Crippen LogP contribution in [0.5, 0.6) is 0 Å². The van der Waals surface area contributed by atoms with Crippen molar-refractivity contribution < 1.29 is 4.39 Å². The van der Waals surface area contributed by atoms with Crippen molar-refractivity contribution in [3.05, 3.63) is 47.5 Å². The fourth-order valence-electron chi connectivity index (χ4n) is 2.52. The smallest absolute Gasteiger partial charge is 0.159 e. The molecule has 1 atom stereocenters. The molecule has 0 aliphatic heterocycles. The van der Waals surface area contributed by atoms with Gasteiger partial charge in [0.05, 0.1) is 0 Å². The Labute approximate surface area is 111 Å². The predicted molar refractivity (Wildman–Crippen MR) is 72.0 cm³/mol. The van der Waals surface area contributed by atoms with Crippen LogP contribution in [0.1, 0.15) is 17.7 Å². The summed E-state index contributed by atoms with van der Waals surface area (Å²) in [5.41, 5.74) is 8.88. The van der Waals surface area contributed by atoms with E-state index in [1.165, 1.54) is 17.7 Å². The van der Waals surface area contributed by atoms with Gasteiger partial charge in [-0.15, -0.1) is 0 Å². The molecule has 19 heavy (non-hydrogen) atoms. The average molecular weight is 257 g/mol. The van der Waals surface area contributed by atoms with Gasteiger partial charge in [-0.1, -0.05) is 0 Å². The molecule has 2 aromatic rings. The van der Waals surface area contributed by atoms with E-state index >= 15 is 0 Å². The average Bonchev–Trinajstić information content (AvgIpc) is 2.47. The van der Waals surface area contributed by atoms with Crippen LogP contribution in [0, 0.1) is 11.7 Å². The maximum absolute atomic E-state index is 12.9. The van der Waals surface area contributed by atoms with Crippen molar-refractivity contribution in [1.29, 1.82) is 0 Å². The third-order valence-electron chi connectivity index (χ3n) is 3.69. The van der Waals surface area contributed by atoms with Crippen molar-refractivity contribution in [3.63, 3.8) is 0 Å². The van der Waals surface area contributed by atoms with E-state index < -0.39 is 0 Å². The second-order valence-electron chi connectivity index (χ2n) is 5.02. The highest BCUT2D eigenvalue weighted by atomic mass is 19.1. The molecule has 0 radical (unpaired) electrons. The Bertz CT molecular complexity index is 580. The molecule has 0 saturated heterocycles. The Morgan fingerprint density at radius 1 is 1.26 bits per heavy atom. The summed E-state index contributed by atoms with van der Waals surface area (Å²) < 4.78 is 12.9. The number of benzene rings is 1. The van der Waals surface area contributed by atoms with Crippen molar-refractivity contribution in [1.82, 2.24) is 9.97 Å². The predicted octanol–water partition coefficient (Wildman–Crippen LogP) is 2.35. The molecule has 3 rings (SSSR count). The zero-order valence-electron chi connectivity index (χ0n) is 10.6. The quantitative estimate of drug-likeness (QED) is 0.898. The van der Waals surface area contributed by atoms with Crippen molar-refractivity contribution in [2.75, 3.05) is 6.54 Å². The largest absolute Gasteiger partial charge is 0.330 e. The molecular formula is C15H16FN3. The fourth-order valence-corrected chi connectivity index (χ4v) is 2.52. The number of aromatic nitrogens is 2. The first kappa shape index (κ1) is 12.2. The van der Waals surface area contributed by atoms with Crippen LogP contribution in [0.25, 0.3) is 11.4 Å². The summed E-state index contributed by atoms with van der Waals surface area (Å²) in [5, 5.41) is 0. The minimum Gasteiger partial charge on any atom is -0.330 e. The van der Waals surface area contributed by atoms with Crippen LogP contribution in [0.3, 0.4) is 0 Å². The lowest BCUT2D eigenvalue weighted by Crippen LogP contribution is -2.23. The van der Waals surface area contributed by atoms with Crippen LogP contribution in [0.4, 0.5) is 4.39 Å². The molecule has 0 spiro atoms.